The van der Waals surface area contributed by atoms with Gasteiger partial charge in [-0.15, -0.1) is 0 Å². The highest BCUT2D eigenvalue weighted by molar-refractivity contribution is 5.95. The van der Waals surface area contributed by atoms with Crippen LogP contribution in [0.4, 0.5) is 0 Å². The van der Waals surface area contributed by atoms with Gasteiger partial charge in [0.15, 0.2) is 0 Å². The summed E-state index contributed by atoms with van der Waals surface area (Å²) in [5.74, 6) is 1.03. The quantitative estimate of drug-likeness (QED) is 0.531. The van der Waals surface area contributed by atoms with Crippen molar-refractivity contribution in [2.75, 3.05) is 14.2 Å². The minimum atomic E-state index is -0.277. The lowest BCUT2D eigenvalue weighted by molar-refractivity contribution is 0.0955. The van der Waals surface area contributed by atoms with Crippen molar-refractivity contribution in [2.45, 2.75) is 0 Å². The molecule has 0 saturated carbocycles. The van der Waals surface area contributed by atoms with Crippen LogP contribution < -0.4 is 14.9 Å². The molecular formula is C22H20N2O3. The summed E-state index contributed by atoms with van der Waals surface area (Å²) in [6.07, 6.45) is 1.54. The minimum Gasteiger partial charge on any atom is -0.497 e. The maximum Gasteiger partial charge on any atom is 0.271 e. The number of rotatable bonds is 6. The third kappa shape index (κ3) is 4.73. The van der Waals surface area contributed by atoms with E-state index in [2.05, 4.69) is 10.5 Å². The van der Waals surface area contributed by atoms with E-state index in [1.165, 1.54) is 0 Å². The van der Waals surface area contributed by atoms with Gasteiger partial charge in [0, 0.05) is 17.2 Å². The van der Waals surface area contributed by atoms with Crippen LogP contribution in [0.3, 0.4) is 0 Å². The number of methoxy groups -OCH3 is 2. The van der Waals surface area contributed by atoms with Crippen molar-refractivity contribution >= 4 is 12.1 Å². The fourth-order valence-corrected chi connectivity index (χ4v) is 2.58. The largest absolute Gasteiger partial charge is 0.497 e. The van der Waals surface area contributed by atoms with Gasteiger partial charge in [0.25, 0.3) is 5.91 Å². The first kappa shape index (κ1) is 18.2. The summed E-state index contributed by atoms with van der Waals surface area (Å²) in [6, 6.07) is 22.8. The van der Waals surface area contributed by atoms with Crippen molar-refractivity contribution in [3.63, 3.8) is 0 Å². The number of carbonyl (C=O) groups excluding carboxylic acids is 1. The number of amides is 1. The zero-order valence-corrected chi connectivity index (χ0v) is 15.2. The molecule has 0 atom stereocenters. The molecule has 5 nitrogen and oxygen atoms in total. The van der Waals surface area contributed by atoms with Crippen LogP contribution in [0.15, 0.2) is 77.9 Å². The summed E-state index contributed by atoms with van der Waals surface area (Å²) in [4.78, 5) is 12.3. The monoisotopic (exact) mass is 360 g/mol. The van der Waals surface area contributed by atoms with Crippen molar-refractivity contribution in [1.29, 1.82) is 0 Å². The van der Waals surface area contributed by atoms with Gasteiger partial charge >= 0.3 is 0 Å². The van der Waals surface area contributed by atoms with Gasteiger partial charge in [-0.25, -0.2) is 5.43 Å². The summed E-state index contributed by atoms with van der Waals surface area (Å²) in [6.45, 7) is 0. The molecule has 0 heterocycles. The summed E-state index contributed by atoms with van der Waals surface area (Å²) in [7, 11) is 3.16. The lowest BCUT2D eigenvalue weighted by atomic mass is 10.0. The Morgan fingerprint density at radius 3 is 2.04 bits per heavy atom. The number of nitrogens with one attached hydrogen (secondary N) is 1. The van der Waals surface area contributed by atoms with Gasteiger partial charge < -0.3 is 9.47 Å². The first-order valence-corrected chi connectivity index (χ1v) is 8.41. The average Bonchev–Trinajstić information content (AvgIpc) is 2.74. The third-order valence-corrected chi connectivity index (χ3v) is 4.01. The summed E-state index contributed by atoms with van der Waals surface area (Å²) in [5, 5.41) is 4.01. The van der Waals surface area contributed by atoms with Crippen LogP contribution in [-0.4, -0.2) is 26.3 Å². The van der Waals surface area contributed by atoms with Gasteiger partial charge in [0.1, 0.15) is 11.5 Å². The highest BCUT2D eigenvalue weighted by atomic mass is 16.5. The van der Waals surface area contributed by atoms with E-state index in [1.807, 2.05) is 42.5 Å². The molecule has 0 unspecified atom stereocenters. The number of ether oxygens (including phenoxy) is 2. The Hall–Kier alpha value is -3.60. The average molecular weight is 360 g/mol. The Labute approximate surface area is 158 Å². The van der Waals surface area contributed by atoms with Crippen LogP contribution in [0.25, 0.3) is 11.1 Å². The molecule has 1 N–H and O–H groups in total. The van der Waals surface area contributed by atoms with E-state index in [1.54, 1.807) is 50.8 Å². The number of nitrogens with zero attached hydrogens (tertiary/aromatic N) is 1. The molecule has 5 heteroatoms. The number of hydrogen-bond acceptors (Lipinski definition) is 4. The number of benzene rings is 3. The molecule has 0 saturated heterocycles. The Balaban J connectivity index is 1.66. The lowest BCUT2D eigenvalue weighted by Crippen LogP contribution is -2.17. The zero-order chi connectivity index (χ0) is 19.1. The van der Waals surface area contributed by atoms with Crippen molar-refractivity contribution in [3.05, 3.63) is 83.9 Å². The van der Waals surface area contributed by atoms with E-state index in [0.29, 0.717) is 17.1 Å². The molecule has 0 radical (unpaired) electrons. The second kappa shape index (κ2) is 8.67. The molecule has 0 aliphatic carbocycles. The van der Waals surface area contributed by atoms with Gasteiger partial charge in [-0.3, -0.25) is 4.79 Å². The van der Waals surface area contributed by atoms with Gasteiger partial charge in [-0.05, 0) is 35.4 Å². The van der Waals surface area contributed by atoms with Crippen LogP contribution in [0, 0.1) is 0 Å². The molecule has 0 aromatic heterocycles. The molecule has 0 aliphatic heterocycles. The van der Waals surface area contributed by atoms with E-state index in [9.17, 15) is 4.79 Å². The Kier molecular flexibility index (Phi) is 5.84. The van der Waals surface area contributed by atoms with Crippen molar-refractivity contribution < 1.29 is 14.3 Å². The second-order valence-electron chi connectivity index (χ2n) is 5.79. The summed E-state index contributed by atoms with van der Waals surface area (Å²) in [5.41, 5.74) is 5.98. The van der Waals surface area contributed by atoms with Crippen molar-refractivity contribution in [1.82, 2.24) is 5.43 Å². The van der Waals surface area contributed by atoms with Crippen LogP contribution in [0.5, 0.6) is 11.5 Å². The van der Waals surface area contributed by atoms with Crippen molar-refractivity contribution in [2.24, 2.45) is 5.10 Å². The topological polar surface area (TPSA) is 59.9 Å². The summed E-state index contributed by atoms with van der Waals surface area (Å²) >= 11 is 0. The molecule has 0 spiro atoms. The normalized spacial score (nSPS) is 10.6. The molecule has 136 valence electrons. The Morgan fingerprint density at radius 1 is 0.852 bits per heavy atom. The van der Waals surface area contributed by atoms with Crippen molar-refractivity contribution in [3.8, 4) is 22.6 Å². The SMILES string of the molecule is COc1cc(/C=N/NC(=O)c2ccc(-c3ccccc3)cc2)cc(OC)c1. The first-order chi connectivity index (χ1) is 13.2. The van der Waals surface area contributed by atoms with Gasteiger partial charge in [-0.1, -0.05) is 42.5 Å². The van der Waals surface area contributed by atoms with Crippen LogP contribution in [-0.2, 0) is 0 Å². The van der Waals surface area contributed by atoms with E-state index in [0.717, 1.165) is 16.7 Å². The first-order valence-electron chi connectivity index (χ1n) is 8.41. The molecule has 3 aromatic carbocycles. The molecule has 0 aliphatic rings. The van der Waals surface area contributed by atoms with Crippen LogP contribution in [0.2, 0.25) is 0 Å². The minimum absolute atomic E-state index is 0.277. The highest BCUT2D eigenvalue weighted by Gasteiger charge is 2.05. The second-order valence-corrected chi connectivity index (χ2v) is 5.79. The molecule has 3 rings (SSSR count). The third-order valence-electron chi connectivity index (χ3n) is 4.01. The van der Waals surface area contributed by atoms with E-state index in [-0.39, 0.29) is 5.91 Å². The van der Waals surface area contributed by atoms with Gasteiger partial charge in [0.05, 0.1) is 20.4 Å². The molecular weight excluding hydrogens is 340 g/mol. The molecule has 0 bridgehead atoms. The highest BCUT2D eigenvalue weighted by Crippen LogP contribution is 2.21. The number of carbonyl (C=O) groups is 1. The Morgan fingerprint density at radius 2 is 1.44 bits per heavy atom. The number of hydrogen-bond donors (Lipinski definition) is 1. The zero-order valence-electron chi connectivity index (χ0n) is 15.2. The summed E-state index contributed by atoms with van der Waals surface area (Å²) < 4.78 is 10.4. The number of hydrazone groups is 1. The van der Waals surface area contributed by atoms with E-state index in [4.69, 9.17) is 9.47 Å². The molecule has 1 amide bonds. The molecule has 3 aromatic rings. The maximum atomic E-state index is 12.3. The van der Waals surface area contributed by atoms with Crippen LogP contribution >= 0.6 is 0 Å². The Bertz CT molecular complexity index is 913. The molecule has 27 heavy (non-hydrogen) atoms. The predicted molar refractivity (Wildman–Crippen MR) is 106 cm³/mol. The van der Waals surface area contributed by atoms with Crippen LogP contribution in [0.1, 0.15) is 15.9 Å². The van der Waals surface area contributed by atoms with Gasteiger partial charge in [0.2, 0.25) is 0 Å². The predicted octanol–water partition coefficient (Wildman–Crippen LogP) is 4.13. The van der Waals surface area contributed by atoms with Gasteiger partial charge in [-0.2, -0.15) is 5.10 Å². The standard InChI is InChI=1S/C22H20N2O3/c1-26-20-12-16(13-21(14-20)27-2)15-23-24-22(25)19-10-8-18(9-11-19)17-6-4-3-5-7-17/h3-15H,1-2H3,(H,24,25)/b23-15+. The lowest BCUT2D eigenvalue weighted by Gasteiger charge is -2.06. The van der Waals surface area contributed by atoms with E-state index < -0.39 is 0 Å². The van der Waals surface area contributed by atoms with E-state index >= 15 is 0 Å². The molecule has 0 fully saturated rings. The maximum absolute atomic E-state index is 12.3. The smallest absolute Gasteiger partial charge is 0.271 e. The fraction of sp³-hybridized carbons (Fsp3) is 0.0909. The fourth-order valence-electron chi connectivity index (χ4n) is 2.58.